The Bertz CT molecular complexity index is 410. The van der Waals surface area contributed by atoms with Gasteiger partial charge >= 0.3 is 0 Å². The van der Waals surface area contributed by atoms with E-state index in [1.165, 1.54) is 11.1 Å². The van der Waals surface area contributed by atoms with Crippen molar-refractivity contribution in [3.63, 3.8) is 0 Å². The molecule has 0 amide bonds. The molecule has 0 spiro atoms. The van der Waals surface area contributed by atoms with E-state index >= 15 is 0 Å². The van der Waals surface area contributed by atoms with E-state index in [0.29, 0.717) is 6.61 Å². The topological polar surface area (TPSA) is 12.5 Å². The Morgan fingerprint density at radius 1 is 1.17 bits per heavy atom. The number of benzene rings is 1. The second kappa shape index (κ2) is 6.29. The Hall–Kier alpha value is -1.70. The van der Waals surface area contributed by atoms with E-state index in [1.807, 2.05) is 18.2 Å². The molecule has 0 aromatic heterocycles. The highest BCUT2D eigenvalue weighted by atomic mass is 16.5. The van der Waals surface area contributed by atoms with Gasteiger partial charge in [0.05, 0.1) is 0 Å². The van der Waals surface area contributed by atoms with Crippen LogP contribution in [0.15, 0.2) is 54.9 Å². The summed E-state index contributed by atoms with van der Waals surface area (Å²) in [5.74, 6) is 0.786. The van der Waals surface area contributed by atoms with Crippen LogP contribution >= 0.6 is 0 Å². The third-order valence-corrected chi connectivity index (χ3v) is 3.29. The van der Waals surface area contributed by atoms with Gasteiger partial charge in [-0.05, 0) is 31.4 Å². The van der Waals surface area contributed by atoms with Crippen molar-refractivity contribution in [1.82, 2.24) is 4.90 Å². The first kappa shape index (κ1) is 12.7. The van der Waals surface area contributed by atoms with Crippen molar-refractivity contribution in [2.75, 3.05) is 13.1 Å². The van der Waals surface area contributed by atoms with E-state index < -0.39 is 0 Å². The van der Waals surface area contributed by atoms with Crippen LogP contribution in [0, 0.1) is 0 Å². The summed E-state index contributed by atoms with van der Waals surface area (Å²) < 4.78 is 5.76. The molecule has 1 aliphatic rings. The highest BCUT2D eigenvalue weighted by molar-refractivity contribution is 5.13. The van der Waals surface area contributed by atoms with Gasteiger partial charge in [-0.25, -0.2) is 0 Å². The molecule has 18 heavy (non-hydrogen) atoms. The highest BCUT2D eigenvalue weighted by Crippen LogP contribution is 2.18. The van der Waals surface area contributed by atoms with Crippen LogP contribution in [0.4, 0.5) is 0 Å². The van der Waals surface area contributed by atoms with Gasteiger partial charge in [-0.2, -0.15) is 0 Å². The van der Waals surface area contributed by atoms with Gasteiger partial charge in [0.2, 0.25) is 0 Å². The fourth-order valence-electron chi connectivity index (χ4n) is 2.13. The van der Waals surface area contributed by atoms with Gasteiger partial charge in [-0.3, -0.25) is 0 Å². The first-order valence-electron chi connectivity index (χ1n) is 6.53. The highest BCUT2D eigenvalue weighted by Gasteiger charge is 2.13. The fraction of sp³-hybridized carbons (Fsp3) is 0.375. The predicted molar refractivity (Wildman–Crippen MR) is 74.9 cm³/mol. The van der Waals surface area contributed by atoms with Crippen LogP contribution in [0.1, 0.15) is 24.8 Å². The molecule has 1 heterocycles. The minimum atomic E-state index is 0.594. The average Bonchev–Trinajstić information content (AvgIpc) is 2.62. The second-order valence-electron chi connectivity index (χ2n) is 4.76. The summed E-state index contributed by atoms with van der Waals surface area (Å²) in [5, 5.41) is 0. The molecule has 1 aliphatic heterocycles. The van der Waals surface area contributed by atoms with Crippen molar-refractivity contribution >= 4 is 0 Å². The average molecular weight is 243 g/mol. The summed E-state index contributed by atoms with van der Waals surface area (Å²) in [6.07, 6.45) is 3.32. The second-order valence-corrected chi connectivity index (χ2v) is 4.76. The van der Waals surface area contributed by atoms with Gasteiger partial charge in [0.1, 0.15) is 6.61 Å². The third kappa shape index (κ3) is 3.66. The predicted octanol–water partition coefficient (Wildman–Crippen LogP) is 3.72. The van der Waals surface area contributed by atoms with Crippen LogP contribution in [-0.2, 0) is 11.3 Å². The zero-order valence-corrected chi connectivity index (χ0v) is 10.9. The minimum Gasteiger partial charge on any atom is -0.475 e. The van der Waals surface area contributed by atoms with Gasteiger partial charge in [0.25, 0.3) is 0 Å². The van der Waals surface area contributed by atoms with E-state index in [2.05, 4.69) is 30.2 Å². The normalized spacial score (nSPS) is 16.2. The van der Waals surface area contributed by atoms with Crippen molar-refractivity contribution in [3.8, 4) is 0 Å². The lowest BCUT2D eigenvalue weighted by Crippen LogP contribution is -2.24. The molecule has 2 heteroatoms. The standard InChI is InChI=1S/C16H21NO/c1-14-7-6-11-17(12-10-14)15(2)18-13-16-8-4-3-5-9-16/h3-5,8-9H,1-2,6-7,10-13H2. The minimum absolute atomic E-state index is 0.594. The summed E-state index contributed by atoms with van der Waals surface area (Å²) in [6, 6.07) is 10.2. The van der Waals surface area contributed by atoms with Crippen molar-refractivity contribution < 1.29 is 4.74 Å². The molecule has 2 nitrogen and oxygen atoms in total. The maximum absolute atomic E-state index is 5.76. The molecule has 0 atom stereocenters. The van der Waals surface area contributed by atoms with Gasteiger partial charge in [-0.1, -0.05) is 42.5 Å². The molecule has 0 saturated carbocycles. The van der Waals surface area contributed by atoms with Crippen LogP contribution in [0.25, 0.3) is 0 Å². The van der Waals surface area contributed by atoms with Crippen molar-refractivity contribution in [1.29, 1.82) is 0 Å². The molecule has 1 saturated heterocycles. The zero-order valence-electron chi connectivity index (χ0n) is 10.9. The molecule has 0 radical (unpaired) electrons. The molecular formula is C16H21NO. The largest absolute Gasteiger partial charge is 0.475 e. The Labute approximate surface area is 110 Å². The molecule has 1 aromatic carbocycles. The van der Waals surface area contributed by atoms with Crippen LogP contribution in [-0.4, -0.2) is 18.0 Å². The van der Waals surface area contributed by atoms with Crippen molar-refractivity contribution in [3.05, 3.63) is 60.5 Å². The monoisotopic (exact) mass is 243 g/mol. The number of likely N-dealkylation sites (tertiary alicyclic amines) is 1. The number of rotatable bonds is 4. The molecule has 96 valence electrons. The molecule has 0 bridgehead atoms. The quantitative estimate of drug-likeness (QED) is 0.590. The first-order valence-corrected chi connectivity index (χ1v) is 6.53. The van der Waals surface area contributed by atoms with Gasteiger partial charge in [0.15, 0.2) is 5.88 Å². The molecule has 2 rings (SSSR count). The summed E-state index contributed by atoms with van der Waals surface area (Å²) in [5.41, 5.74) is 2.52. The van der Waals surface area contributed by atoms with Crippen LogP contribution in [0.5, 0.6) is 0 Å². The van der Waals surface area contributed by atoms with E-state index in [-0.39, 0.29) is 0 Å². The Kier molecular flexibility index (Phi) is 4.46. The Morgan fingerprint density at radius 2 is 1.94 bits per heavy atom. The summed E-state index contributed by atoms with van der Waals surface area (Å²) >= 11 is 0. The zero-order chi connectivity index (χ0) is 12.8. The maximum Gasteiger partial charge on any atom is 0.182 e. The van der Waals surface area contributed by atoms with Crippen LogP contribution in [0.2, 0.25) is 0 Å². The van der Waals surface area contributed by atoms with Gasteiger partial charge < -0.3 is 9.64 Å². The van der Waals surface area contributed by atoms with E-state index in [0.717, 1.165) is 38.2 Å². The summed E-state index contributed by atoms with van der Waals surface area (Å²) in [6.45, 7) is 10.7. The smallest absolute Gasteiger partial charge is 0.182 e. The van der Waals surface area contributed by atoms with E-state index in [1.54, 1.807) is 0 Å². The number of nitrogens with zero attached hydrogens (tertiary/aromatic N) is 1. The van der Waals surface area contributed by atoms with E-state index in [4.69, 9.17) is 4.74 Å². The number of hydrogen-bond donors (Lipinski definition) is 0. The molecule has 0 unspecified atom stereocenters. The number of hydrogen-bond acceptors (Lipinski definition) is 2. The summed E-state index contributed by atoms with van der Waals surface area (Å²) in [4.78, 5) is 2.22. The van der Waals surface area contributed by atoms with Crippen LogP contribution in [0.3, 0.4) is 0 Å². The lowest BCUT2D eigenvalue weighted by Gasteiger charge is -2.24. The van der Waals surface area contributed by atoms with Crippen LogP contribution < -0.4 is 0 Å². The Morgan fingerprint density at radius 3 is 2.72 bits per heavy atom. The number of ether oxygens (including phenoxy) is 1. The van der Waals surface area contributed by atoms with Gasteiger partial charge in [0, 0.05) is 13.1 Å². The SMILES string of the molecule is C=C1CCCN(C(=C)OCc2ccccc2)CC1. The third-order valence-electron chi connectivity index (χ3n) is 3.29. The van der Waals surface area contributed by atoms with Crippen molar-refractivity contribution in [2.45, 2.75) is 25.9 Å². The summed E-state index contributed by atoms with van der Waals surface area (Å²) in [7, 11) is 0. The van der Waals surface area contributed by atoms with Gasteiger partial charge in [-0.15, -0.1) is 0 Å². The molecule has 0 N–H and O–H groups in total. The molecular weight excluding hydrogens is 222 g/mol. The maximum atomic E-state index is 5.76. The van der Waals surface area contributed by atoms with E-state index in [9.17, 15) is 0 Å². The van der Waals surface area contributed by atoms with Crippen molar-refractivity contribution in [2.24, 2.45) is 0 Å². The molecule has 0 aliphatic carbocycles. The first-order chi connectivity index (χ1) is 8.75. The fourth-order valence-corrected chi connectivity index (χ4v) is 2.13. The molecule has 1 fully saturated rings. The lowest BCUT2D eigenvalue weighted by molar-refractivity contribution is 0.106. The lowest BCUT2D eigenvalue weighted by atomic mass is 10.1. The molecule has 1 aromatic rings. The Balaban J connectivity index is 1.82.